The summed E-state index contributed by atoms with van der Waals surface area (Å²) in [5.74, 6) is -0.169. The Morgan fingerprint density at radius 3 is 2.52 bits per heavy atom. The van der Waals surface area contributed by atoms with Crippen LogP contribution in [0.5, 0.6) is 5.75 Å². The summed E-state index contributed by atoms with van der Waals surface area (Å²) in [6.07, 6.45) is 0.0224. The molecule has 0 aromatic heterocycles. The second-order valence-corrected chi connectivity index (χ2v) is 8.41. The number of amides is 1. The van der Waals surface area contributed by atoms with Crippen LogP contribution in [0.4, 0.5) is 4.39 Å². The van der Waals surface area contributed by atoms with E-state index in [1.54, 1.807) is 48.2 Å². The Hall–Kier alpha value is -2.93. The molecule has 1 heterocycles. The van der Waals surface area contributed by atoms with Crippen LogP contribution in [-0.4, -0.2) is 54.3 Å². The van der Waals surface area contributed by atoms with Crippen molar-refractivity contribution in [1.82, 2.24) is 4.90 Å². The summed E-state index contributed by atoms with van der Waals surface area (Å²) in [4.78, 5) is 26.3. The van der Waals surface area contributed by atoms with Gasteiger partial charge >= 0.3 is 5.97 Å². The first-order valence-corrected chi connectivity index (χ1v) is 10.4. The number of aliphatic hydroxyl groups is 1. The summed E-state index contributed by atoms with van der Waals surface area (Å²) < 4.78 is 24.6. The Labute approximate surface area is 180 Å². The second-order valence-electron chi connectivity index (χ2n) is 8.41. The van der Waals surface area contributed by atoms with Crippen LogP contribution in [0.2, 0.25) is 0 Å². The lowest BCUT2D eigenvalue weighted by Gasteiger charge is -2.35. The SMILES string of the molecule is COC(=O)c1cccc(O[C@@H]2C[C@@H]3CN(C(=O)c4ccc(C)c(F)c4)C[C@@H]3C[C@H]2O)c1. The highest BCUT2D eigenvalue weighted by molar-refractivity contribution is 5.94. The zero-order valence-electron chi connectivity index (χ0n) is 17.6. The number of ether oxygens (including phenoxy) is 2. The normalized spacial score (nSPS) is 25.1. The highest BCUT2D eigenvalue weighted by Gasteiger charge is 2.44. The van der Waals surface area contributed by atoms with E-state index in [9.17, 15) is 19.1 Å². The molecule has 0 radical (unpaired) electrons. The molecule has 1 aliphatic heterocycles. The quantitative estimate of drug-likeness (QED) is 0.759. The summed E-state index contributed by atoms with van der Waals surface area (Å²) in [5, 5.41) is 10.6. The molecule has 1 saturated carbocycles. The number of aryl methyl sites for hydroxylation is 1. The van der Waals surface area contributed by atoms with Crippen LogP contribution < -0.4 is 4.74 Å². The maximum Gasteiger partial charge on any atom is 0.337 e. The van der Waals surface area contributed by atoms with Gasteiger partial charge in [-0.25, -0.2) is 9.18 Å². The molecule has 2 aromatic carbocycles. The molecule has 4 rings (SSSR count). The van der Waals surface area contributed by atoms with E-state index in [4.69, 9.17) is 9.47 Å². The van der Waals surface area contributed by atoms with E-state index in [-0.39, 0.29) is 23.6 Å². The van der Waals surface area contributed by atoms with Crippen molar-refractivity contribution in [2.45, 2.75) is 32.0 Å². The van der Waals surface area contributed by atoms with Gasteiger partial charge in [0.1, 0.15) is 17.7 Å². The van der Waals surface area contributed by atoms with Crippen LogP contribution in [0, 0.1) is 24.6 Å². The number of aliphatic hydroxyl groups excluding tert-OH is 1. The molecule has 6 nitrogen and oxygen atoms in total. The molecule has 31 heavy (non-hydrogen) atoms. The summed E-state index contributed by atoms with van der Waals surface area (Å²) in [6.45, 7) is 2.75. The summed E-state index contributed by atoms with van der Waals surface area (Å²) >= 11 is 0. The molecule has 164 valence electrons. The van der Waals surface area contributed by atoms with Crippen molar-refractivity contribution in [2.24, 2.45) is 11.8 Å². The lowest BCUT2D eigenvalue weighted by Crippen LogP contribution is -2.42. The first-order chi connectivity index (χ1) is 14.9. The number of halogens is 1. The first kappa shape index (κ1) is 21.3. The molecule has 0 spiro atoms. The predicted octanol–water partition coefficient (Wildman–Crippen LogP) is 3.21. The minimum atomic E-state index is -0.671. The molecule has 0 unspecified atom stereocenters. The van der Waals surface area contributed by atoms with Crippen LogP contribution in [0.1, 0.15) is 39.1 Å². The number of likely N-dealkylation sites (tertiary alicyclic amines) is 1. The molecule has 4 atom stereocenters. The fraction of sp³-hybridized carbons (Fsp3) is 0.417. The summed E-state index contributed by atoms with van der Waals surface area (Å²) in [7, 11) is 1.32. The molecule has 0 bridgehead atoms. The van der Waals surface area contributed by atoms with Crippen molar-refractivity contribution in [3.8, 4) is 5.75 Å². The molecule has 2 aromatic rings. The van der Waals surface area contributed by atoms with Gasteiger partial charge in [-0.05, 0) is 67.5 Å². The molecule has 2 fully saturated rings. The molecule has 1 saturated heterocycles. The summed E-state index contributed by atoms with van der Waals surface area (Å²) in [6, 6.07) is 11.2. The molecule has 7 heteroatoms. The van der Waals surface area contributed by atoms with E-state index in [0.29, 0.717) is 48.4 Å². The molecule has 1 aliphatic carbocycles. The van der Waals surface area contributed by atoms with E-state index in [0.717, 1.165) is 0 Å². The van der Waals surface area contributed by atoms with Crippen LogP contribution in [0.3, 0.4) is 0 Å². The topological polar surface area (TPSA) is 76.1 Å². The molecule has 1 N–H and O–H groups in total. The van der Waals surface area contributed by atoms with Crippen LogP contribution in [0.25, 0.3) is 0 Å². The molecule has 1 amide bonds. The highest BCUT2D eigenvalue weighted by Crippen LogP contribution is 2.38. The Balaban J connectivity index is 1.43. The zero-order chi connectivity index (χ0) is 22.1. The van der Waals surface area contributed by atoms with Gasteiger partial charge in [0.2, 0.25) is 0 Å². The van der Waals surface area contributed by atoms with E-state index in [1.165, 1.54) is 13.2 Å². The third-order valence-corrected chi connectivity index (χ3v) is 6.33. The van der Waals surface area contributed by atoms with Crippen molar-refractivity contribution in [2.75, 3.05) is 20.2 Å². The van der Waals surface area contributed by atoms with Gasteiger partial charge in [-0.1, -0.05) is 12.1 Å². The van der Waals surface area contributed by atoms with Crippen molar-refractivity contribution in [1.29, 1.82) is 0 Å². The van der Waals surface area contributed by atoms with Crippen molar-refractivity contribution < 1.29 is 28.6 Å². The number of fused-ring (bicyclic) bond motifs is 1. The van der Waals surface area contributed by atoms with Gasteiger partial charge in [0.15, 0.2) is 0 Å². The van der Waals surface area contributed by atoms with Gasteiger partial charge in [-0.15, -0.1) is 0 Å². The third-order valence-electron chi connectivity index (χ3n) is 6.33. The van der Waals surface area contributed by atoms with Crippen molar-refractivity contribution >= 4 is 11.9 Å². The van der Waals surface area contributed by atoms with Gasteiger partial charge in [0, 0.05) is 18.7 Å². The smallest absolute Gasteiger partial charge is 0.337 e. The summed E-state index contributed by atoms with van der Waals surface area (Å²) in [5.41, 5.74) is 1.23. The molecular weight excluding hydrogens is 401 g/mol. The van der Waals surface area contributed by atoms with Crippen LogP contribution in [0.15, 0.2) is 42.5 Å². The number of hydrogen-bond donors (Lipinski definition) is 1. The van der Waals surface area contributed by atoms with Gasteiger partial charge in [-0.2, -0.15) is 0 Å². The minimum Gasteiger partial charge on any atom is -0.488 e. The number of benzene rings is 2. The largest absolute Gasteiger partial charge is 0.488 e. The molecular formula is C24H26FNO5. The fourth-order valence-corrected chi connectivity index (χ4v) is 4.58. The number of methoxy groups -OCH3 is 1. The lowest BCUT2D eigenvalue weighted by atomic mass is 9.78. The van der Waals surface area contributed by atoms with Gasteiger partial charge in [-0.3, -0.25) is 4.79 Å². The number of hydrogen-bond acceptors (Lipinski definition) is 5. The van der Waals surface area contributed by atoms with E-state index in [1.807, 2.05) is 0 Å². The monoisotopic (exact) mass is 427 g/mol. The fourth-order valence-electron chi connectivity index (χ4n) is 4.58. The standard InChI is InChI=1S/C24H26FNO5/c1-14-6-7-15(9-20(14)25)23(28)26-12-17-10-21(27)22(11-18(17)13-26)31-19-5-3-4-16(8-19)24(29)30-2/h3-9,17-18,21-22,27H,10-13H2,1-2H3/t17-,18+,21+,22+/m0/s1. The Morgan fingerprint density at radius 2 is 1.81 bits per heavy atom. The average molecular weight is 427 g/mol. The molecule has 2 aliphatic rings. The van der Waals surface area contributed by atoms with E-state index in [2.05, 4.69) is 0 Å². The third kappa shape index (κ3) is 4.42. The number of carbonyl (C=O) groups excluding carboxylic acids is 2. The van der Waals surface area contributed by atoms with Gasteiger partial charge < -0.3 is 19.5 Å². The van der Waals surface area contributed by atoms with Crippen molar-refractivity contribution in [3.63, 3.8) is 0 Å². The van der Waals surface area contributed by atoms with Crippen molar-refractivity contribution in [3.05, 3.63) is 65.0 Å². The maximum absolute atomic E-state index is 13.9. The zero-order valence-corrected chi connectivity index (χ0v) is 17.6. The average Bonchev–Trinajstić information content (AvgIpc) is 3.17. The number of rotatable bonds is 4. The Kier molecular flexibility index (Phi) is 5.96. The maximum atomic E-state index is 13.9. The van der Waals surface area contributed by atoms with Gasteiger partial charge in [0.25, 0.3) is 5.91 Å². The van der Waals surface area contributed by atoms with Crippen LogP contribution >= 0.6 is 0 Å². The number of carbonyl (C=O) groups is 2. The van der Waals surface area contributed by atoms with Crippen LogP contribution in [-0.2, 0) is 4.74 Å². The number of nitrogens with zero attached hydrogens (tertiary/aromatic N) is 1. The van der Waals surface area contributed by atoms with Gasteiger partial charge in [0.05, 0.1) is 18.8 Å². The Morgan fingerprint density at radius 1 is 1.06 bits per heavy atom. The minimum absolute atomic E-state index is 0.176. The van der Waals surface area contributed by atoms with E-state index < -0.39 is 18.2 Å². The predicted molar refractivity (Wildman–Crippen MR) is 111 cm³/mol. The lowest BCUT2D eigenvalue weighted by molar-refractivity contribution is -0.0231. The highest BCUT2D eigenvalue weighted by atomic mass is 19.1. The number of esters is 1. The Bertz CT molecular complexity index is 994. The first-order valence-electron chi connectivity index (χ1n) is 10.4. The van der Waals surface area contributed by atoms with E-state index >= 15 is 0 Å². The second kappa shape index (κ2) is 8.67.